The molecule has 0 unspecified atom stereocenters. The van der Waals surface area contributed by atoms with E-state index >= 15 is 0 Å². The van der Waals surface area contributed by atoms with Crippen molar-refractivity contribution in [2.24, 2.45) is 4.99 Å². The maximum absolute atomic E-state index is 5.73. The van der Waals surface area contributed by atoms with Crippen LogP contribution in [0.15, 0.2) is 41.5 Å². The van der Waals surface area contributed by atoms with Gasteiger partial charge in [0.25, 0.3) is 0 Å². The van der Waals surface area contributed by atoms with Crippen LogP contribution in [-0.4, -0.2) is 30.7 Å². The molecule has 6 nitrogen and oxygen atoms in total. The Morgan fingerprint density at radius 2 is 1.89 bits per heavy atom. The van der Waals surface area contributed by atoms with Crippen LogP contribution in [0.4, 0.5) is 0 Å². The molecular formula is C21H31IN4O2. The first kappa shape index (κ1) is 24.0. The van der Waals surface area contributed by atoms with E-state index in [-0.39, 0.29) is 30.1 Å². The third kappa shape index (κ3) is 7.92. The van der Waals surface area contributed by atoms with Gasteiger partial charge in [0.05, 0.1) is 12.7 Å². The molecule has 0 fully saturated rings. The van der Waals surface area contributed by atoms with Gasteiger partial charge in [0.15, 0.2) is 5.96 Å². The Hall–Kier alpha value is -2.03. The van der Waals surface area contributed by atoms with Gasteiger partial charge in [-0.25, -0.2) is 4.98 Å². The van der Waals surface area contributed by atoms with Crippen molar-refractivity contribution < 1.29 is 9.47 Å². The maximum Gasteiger partial charge on any atom is 0.213 e. The SMILES string of the molecule is CCOc1cc(C)ccc1CNC(=NC)NCc1ccc(OC(C)C)nc1.I. The fourth-order valence-corrected chi connectivity index (χ4v) is 2.51. The smallest absolute Gasteiger partial charge is 0.213 e. The van der Waals surface area contributed by atoms with Gasteiger partial charge in [0, 0.05) is 38.0 Å². The first-order valence-corrected chi connectivity index (χ1v) is 9.30. The first-order chi connectivity index (χ1) is 13.0. The van der Waals surface area contributed by atoms with Crippen LogP contribution in [0.3, 0.4) is 0 Å². The number of aromatic nitrogens is 1. The second-order valence-corrected chi connectivity index (χ2v) is 6.49. The van der Waals surface area contributed by atoms with Crippen molar-refractivity contribution in [1.29, 1.82) is 0 Å². The normalized spacial score (nSPS) is 11.0. The summed E-state index contributed by atoms with van der Waals surface area (Å²) in [6, 6.07) is 10.1. The number of pyridine rings is 1. The van der Waals surface area contributed by atoms with Crippen molar-refractivity contribution >= 4 is 29.9 Å². The van der Waals surface area contributed by atoms with E-state index in [9.17, 15) is 0 Å². The van der Waals surface area contributed by atoms with Crippen LogP contribution >= 0.6 is 24.0 Å². The number of guanidine groups is 1. The van der Waals surface area contributed by atoms with Crippen LogP contribution in [0.25, 0.3) is 0 Å². The van der Waals surface area contributed by atoms with E-state index in [2.05, 4.69) is 45.7 Å². The molecule has 0 amide bonds. The van der Waals surface area contributed by atoms with Crippen LogP contribution < -0.4 is 20.1 Å². The lowest BCUT2D eigenvalue weighted by molar-refractivity contribution is 0.232. The van der Waals surface area contributed by atoms with Gasteiger partial charge in [-0.2, -0.15) is 0 Å². The summed E-state index contributed by atoms with van der Waals surface area (Å²) in [5.74, 6) is 2.27. The number of nitrogens with zero attached hydrogens (tertiary/aromatic N) is 2. The molecular weight excluding hydrogens is 467 g/mol. The zero-order chi connectivity index (χ0) is 19.6. The Labute approximate surface area is 185 Å². The zero-order valence-corrected chi connectivity index (χ0v) is 19.6. The van der Waals surface area contributed by atoms with Gasteiger partial charge >= 0.3 is 0 Å². The molecule has 7 heteroatoms. The van der Waals surface area contributed by atoms with Crippen molar-refractivity contribution in [3.8, 4) is 11.6 Å². The molecule has 1 aromatic heterocycles. The number of hydrogen-bond acceptors (Lipinski definition) is 4. The third-order valence-electron chi connectivity index (χ3n) is 3.81. The molecule has 0 saturated carbocycles. The van der Waals surface area contributed by atoms with Crippen LogP contribution in [-0.2, 0) is 13.1 Å². The predicted octanol–water partition coefficient (Wildman–Crippen LogP) is 4.06. The molecule has 0 radical (unpaired) electrons. The van der Waals surface area contributed by atoms with Gasteiger partial charge < -0.3 is 20.1 Å². The number of aryl methyl sites for hydroxylation is 1. The van der Waals surface area contributed by atoms with E-state index in [0.717, 1.165) is 22.8 Å². The van der Waals surface area contributed by atoms with Crippen LogP contribution in [0.1, 0.15) is 37.5 Å². The monoisotopic (exact) mass is 498 g/mol. The quantitative estimate of drug-likeness (QED) is 0.327. The van der Waals surface area contributed by atoms with E-state index in [1.807, 2.05) is 39.1 Å². The maximum atomic E-state index is 5.73. The molecule has 0 spiro atoms. The molecule has 0 bridgehead atoms. The number of ether oxygens (including phenoxy) is 2. The largest absolute Gasteiger partial charge is 0.494 e. The van der Waals surface area contributed by atoms with Gasteiger partial charge in [-0.3, -0.25) is 4.99 Å². The van der Waals surface area contributed by atoms with E-state index in [1.165, 1.54) is 5.56 Å². The highest BCUT2D eigenvalue weighted by molar-refractivity contribution is 14.0. The van der Waals surface area contributed by atoms with Crippen molar-refractivity contribution in [2.45, 2.75) is 46.9 Å². The van der Waals surface area contributed by atoms with Gasteiger partial charge in [-0.1, -0.05) is 18.2 Å². The molecule has 2 rings (SSSR count). The zero-order valence-electron chi connectivity index (χ0n) is 17.3. The Morgan fingerprint density at radius 1 is 1.14 bits per heavy atom. The Kier molecular flexibility index (Phi) is 10.7. The lowest BCUT2D eigenvalue weighted by Crippen LogP contribution is -2.36. The molecule has 1 heterocycles. The summed E-state index contributed by atoms with van der Waals surface area (Å²) in [4.78, 5) is 8.59. The summed E-state index contributed by atoms with van der Waals surface area (Å²) in [5.41, 5.74) is 3.34. The van der Waals surface area contributed by atoms with E-state index in [4.69, 9.17) is 9.47 Å². The molecule has 0 atom stereocenters. The lowest BCUT2D eigenvalue weighted by Gasteiger charge is -2.15. The molecule has 0 aliphatic rings. The minimum absolute atomic E-state index is 0. The molecule has 1 aromatic carbocycles. The highest BCUT2D eigenvalue weighted by Crippen LogP contribution is 2.20. The van der Waals surface area contributed by atoms with Crippen LogP contribution in [0, 0.1) is 6.92 Å². The van der Waals surface area contributed by atoms with Crippen molar-refractivity contribution in [1.82, 2.24) is 15.6 Å². The van der Waals surface area contributed by atoms with E-state index in [0.29, 0.717) is 25.6 Å². The Balaban J connectivity index is 0.00000392. The number of halogens is 1. The number of nitrogens with one attached hydrogen (secondary N) is 2. The van der Waals surface area contributed by atoms with Gasteiger partial charge in [-0.05, 0) is 44.9 Å². The topological polar surface area (TPSA) is 67.8 Å². The van der Waals surface area contributed by atoms with Crippen LogP contribution in [0.5, 0.6) is 11.6 Å². The average molecular weight is 498 g/mol. The van der Waals surface area contributed by atoms with Gasteiger partial charge in [0.1, 0.15) is 5.75 Å². The molecule has 2 aromatic rings. The fraction of sp³-hybridized carbons (Fsp3) is 0.429. The van der Waals surface area contributed by atoms with Crippen molar-refractivity contribution in [3.05, 3.63) is 53.2 Å². The standard InChI is InChI=1S/C21H30N4O2.HI/c1-6-26-19-11-16(4)7-9-18(19)14-25-21(22-5)24-13-17-8-10-20(23-12-17)27-15(2)3;/h7-12,15H,6,13-14H2,1-5H3,(H2,22,24,25);1H. The van der Waals surface area contributed by atoms with Crippen molar-refractivity contribution in [2.75, 3.05) is 13.7 Å². The van der Waals surface area contributed by atoms with E-state index < -0.39 is 0 Å². The number of hydrogen-bond donors (Lipinski definition) is 2. The van der Waals surface area contributed by atoms with Crippen molar-refractivity contribution in [3.63, 3.8) is 0 Å². The molecule has 0 saturated heterocycles. The summed E-state index contributed by atoms with van der Waals surface area (Å²) in [5, 5.41) is 6.62. The minimum atomic E-state index is 0. The highest BCUT2D eigenvalue weighted by Gasteiger charge is 2.06. The minimum Gasteiger partial charge on any atom is -0.494 e. The van der Waals surface area contributed by atoms with Crippen LogP contribution in [0.2, 0.25) is 0 Å². The second-order valence-electron chi connectivity index (χ2n) is 6.49. The first-order valence-electron chi connectivity index (χ1n) is 9.30. The van der Waals surface area contributed by atoms with E-state index in [1.54, 1.807) is 7.05 Å². The Morgan fingerprint density at radius 3 is 2.50 bits per heavy atom. The summed E-state index contributed by atoms with van der Waals surface area (Å²) < 4.78 is 11.3. The predicted molar refractivity (Wildman–Crippen MR) is 125 cm³/mol. The number of rotatable bonds is 8. The van der Waals surface area contributed by atoms with Gasteiger partial charge in [0.2, 0.25) is 5.88 Å². The molecule has 0 aliphatic heterocycles. The summed E-state index contributed by atoms with van der Waals surface area (Å²) >= 11 is 0. The molecule has 0 aliphatic carbocycles. The summed E-state index contributed by atoms with van der Waals surface area (Å²) in [6.07, 6.45) is 1.93. The molecule has 28 heavy (non-hydrogen) atoms. The molecule has 154 valence electrons. The summed E-state index contributed by atoms with van der Waals surface area (Å²) in [6.45, 7) is 9.93. The molecule has 2 N–H and O–H groups in total. The number of benzene rings is 1. The summed E-state index contributed by atoms with van der Waals surface area (Å²) in [7, 11) is 1.76. The average Bonchev–Trinajstić information content (AvgIpc) is 2.64. The fourth-order valence-electron chi connectivity index (χ4n) is 2.51. The highest BCUT2D eigenvalue weighted by atomic mass is 127. The third-order valence-corrected chi connectivity index (χ3v) is 3.81. The lowest BCUT2D eigenvalue weighted by atomic mass is 10.1. The second kappa shape index (κ2) is 12.4. The Bertz CT molecular complexity index is 749. The van der Waals surface area contributed by atoms with Gasteiger partial charge in [-0.15, -0.1) is 24.0 Å². The number of aliphatic imine (C=N–C) groups is 1.